The maximum Gasteiger partial charge on any atom is 0.247 e. The normalized spacial score (nSPS) is 11.6. The van der Waals surface area contributed by atoms with Crippen molar-refractivity contribution in [1.29, 1.82) is 0 Å². The Hall–Kier alpha value is -4.89. The maximum absolute atomic E-state index is 5.10. The molecular weight excluding hydrogens is 587 g/mol. The standard InChI is InChI=1S/C38H31N3SSi2/c1-7-19-32(20-8-1)43(33-21-9-2-10-22-33,34-23-11-3-12-24-34)41(38-39-31-40-42-38)44(35-25-13-4-14-26-35,36-27-15-5-16-28-36)37-29-17-6-18-30-37/h1-31H. The van der Waals surface area contributed by atoms with Crippen LogP contribution >= 0.6 is 11.5 Å². The van der Waals surface area contributed by atoms with Gasteiger partial charge in [0.05, 0.1) is 0 Å². The summed E-state index contributed by atoms with van der Waals surface area (Å²) in [6, 6.07) is 66.7. The molecule has 0 spiro atoms. The number of anilines is 1. The predicted octanol–water partition coefficient (Wildman–Crippen LogP) is 4.68. The van der Waals surface area contributed by atoms with E-state index in [0.29, 0.717) is 0 Å². The van der Waals surface area contributed by atoms with Crippen molar-refractivity contribution in [3.8, 4) is 0 Å². The van der Waals surface area contributed by atoms with Crippen LogP contribution in [0.25, 0.3) is 0 Å². The monoisotopic (exact) mass is 617 g/mol. The molecule has 0 aliphatic carbocycles. The minimum absolute atomic E-state index is 0.927. The summed E-state index contributed by atoms with van der Waals surface area (Å²) >= 11 is 1.49. The van der Waals surface area contributed by atoms with E-state index in [-0.39, 0.29) is 0 Å². The second-order valence-corrected chi connectivity index (χ2v) is 19.1. The Balaban J connectivity index is 1.76. The largest absolute Gasteiger partial charge is 0.378 e. The topological polar surface area (TPSA) is 29.0 Å². The van der Waals surface area contributed by atoms with Crippen LogP contribution in [0.15, 0.2) is 188 Å². The van der Waals surface area contributed by atoms with Crippen LogP contribution in [0.5, 0.6) is 0 Å². The molecule has 0 amide bonds. The first-order chi connectivity index (χ1) is 21.9. The molecule has 1 aromatic heterocycles. The summed E-state index contributed by atoms with van der Waals surface area (Å²) in [6.45, 7) is 0. The Bertz CT molecular complexity index is 1570. The van der Waals surface area contributed by atoms with Crippen LogP contribution in [-0.2, 0) is 0 Å². The Morgan fingerprint density at radius 1 is 0.364 bits per heavy atom. The van der Waals surface area contributed by atoms with Crippen LogP contribution in [0.2, 0.25) is 0 Å². The third kappa shape index (κ3) is 4.64. The van der Waals surface area contributed by atoms with Gasteiger partial charge < -0.3 is 4.23 Å². The molecule has 0 aliphatic rings. The van der Waals surface area contributed by atoms with Gasteiger partial charge in [0.15, 0.2) is 5.13 Å². The molecule has 0 saturated carbocycles. The molecule has 7 aromatic rings. The van der Waals surface area contributed by atoms with E-state index in [1.54, 1.807) is 6.33 Å². The van der Waals surface area contributed by atoms with Crippen molar-refractivity contribution in [1.82, 2.24) is 9.36 Å². The number of nitrogens with zero attached hydrogens (tertiary/aromatic N) is 3. The number of benzene rings is 6. The van der Waals surface area contributed by atoms with Crippen LogP contribution in [0.3, 0.4) is 0 Å². The molecular formula is C38H31N3SSi2. The van der Waals surface area contributed by atoms with E-state index in [1.807, 2.05) is 0 Å². The highest BCUT2D eigenvalue weighted by molar-refractivity contribution is 7.31. The Morgan fingerprint density at radius 2 is 0.614 bits per heavy atom. The second kappa shape index (κ2) is 12.4. The highest BCUT2D eigenvalue weighted by Gasteiger charge is 2.58. The number of hydrogen-bond acceptors (Lipinski definition) is 4. The fraction of sp³-hybridized carbons (Fsp3) is 0. The van der Waals surface area contributed by atoms with Gasteiger partial charge in [-0.2, -0.15) is 4.37 Å². The highest BCUT2D eigenvalue weighted by Crippen LogP contribution is 2.30. The first kappa shape index (κ1) is 27.9. The molecule has 212 valence electrons. The van der Waals surface area contributed by atoms with Gasteiger partial charge in [-0.1, -0.05) is 182 Å². The van der Waals surface area contributed by atoms with Crippen molar-refractivity contribution < 1.29 is 0 Å². The quantitative estimate of drug-likeness (QED) is 0.174. The fourth-order valence-corrected chi connectivity index (χ4v) is 20.7. The van der Waals surface area contributed by atoms with Gasteiger partial charge in [-0.05, 0) is 31.1 Å². The van der Waals surface area contributed by atoms with E-state index in [2.05, 4.69) is 191 Å². The third-order valence-corrected chi connectivity index (χ3v) is 20.1. The van der Waals surface area contributed by atoms with Crippen LogP contribution in [0.4, 0.5) is 5.13 Å². The molecule has 0 bridgehead atoms. The van der Waals surface area contributed by atoms with Crippen molar-refractivity contribution in [3.63, 3.8) is 0 Å². The minimum Gasteiger partial charge on any atom is -0.378 e. The molecule has 0 atom stereocenters. The van der Waals surface area contributed by atoms with Gasteiger partial charge >= 0.3 is 0 Å². The molecule has 0 fully saturated rings. The summed E-state index contributed by atoms with van der Waals surface area (Å²) in [5, 5.41) is 8.72. The first-order valence-corrected chi connectivity index (χ1v) is 19.4. The third-order valence-electron chi connectivity index (χ3n) is 8.36. The van der Waals surface area contributed by atoms with Gasteiger partial charge in [-0.3, -0.25) is 0 Å². The van der Waals surface area contributed by atoms with Crippen molar-refractivity contribution in [2.24, 2.45) is 0 Å². The smallest absolute Gasteiger partial charge is 0.247 e. The second-order valence-electron chi connectivity index (χ2n) is 10.7. The molecule has 7 rings (SSSR count). The van der Waals surface area contributed by atoms with Crippen molar-refractivity contribution >= 4 is 64.3 Å². The Kier molecular flexibility index (Phi) is 7.86. The van der Waals surface area contributed by atoms with Gasteiger partial charge in [0.25, 0.3) is 0 Å². The van der Waals surface area contributed by atoms with E-state index in [1.165, 1.54) is 42.7 Å². The lowest BCUT2D eigenvalue weighted by Gasteiger charge is -2.53. The van der Waals surface area contributed by atoms with Crippen LogP contribution < -0.4 is 35.4 Å². The Labute approximate surface area is 265 Å². The van der Waals surface area contributed by atoms with Crippen molar-refractivity contribution in [2.75, 3.05) is 4.23 Å². The van der Waals surface area contributed by atoms with Crippen molar-refractivity contribution in [3.05, 3.63) is 188 Å². The van der Waals surface area contributed by atoms with E-state index < -0.39 is 16.5 Å². The lowest BCUT2D eigenvalue weighted by molar-refractivity contribution is 1.29. The average molecular weight is 618 g/mol. The summed E-state index contributed by atoms with van der Waals surface area (Å²) < 4.78 is 7.47. The Morgan fingerprint density at radius 3 is 0.818 bits per heavy atom. The molecule has 0 unspecified atom stereocenters. The number of aromatic nitrogens is 2. The summed E-state index contributed by atoms with van der Waals surface area (Å²) in [4.78, 5) is 5.10. The molecule has 0 aliphatic heterocycles. The van der Waals surface area contributed by atoms with E-state index >= 15 is 0 Å². The fourth-order valence-electron chi connectivity index (χ4n) is 6.66. The molecule has 6 heteroatoms. The van der Waals surface area contributed by atoms with Gasteiger partial charge in [-0.25, -0.2) is 4.98 Å². The molecule has 6 aromatic carbocycles. The molecule has 44 heavy (non-hydrogen) atoms. The lowest BCUT2D eigenvalue weighted by Crippen LogP contribution is -2.91. The molecule has 0 radical (unpaired) electrons. The predicted molar refractivity (Wildman–Crippen MR) is 190 cm³/mol. The first-order valence-electron chi connectivity index (χ1n) is 14.8. The average Bonchev–Trinajstić information content (AvgIpc) is 3.66. The number of hydrogen-bond donors (Lipinski definition) is 0. The van der Waals surface area contributed by atoms with E-state index in [0.717, 1.165) is 5.13 Å². The van der Waals surface area contributed by atoms with Gasteiger partial charge in [0.1, 0.15) is 6.33 Å². The van der Waals surface area contributed by atoms with Crippen molar-refractivity contribution in [2.45, 2.75) is 0 Å². The zero-order valence-corrected chi connectivity index (χ0v) is 27.0. The van der Waals surface area contributed by atoms with Gasteiger partial charge in [0.2, 0.25) is 16.5 Å². The lowest BCUT2D eigenvalue weighted by atomic mass is 10.3. The summed E-state index contributed by atoms with van der Waals surface area (Å²) in [5.41, 5.74) is 0. The maximum atomic E-state index is 5.10. The zero-order valence-electron chi connectivity index (χ0n) is 24.1. The molecule has 1 heterocycles. The van der Waals surface area contributed by atoms with Gasteiger partial charge in [-0.15, -0.1) is 0 Å². The van der Waals surface area contributed by atoms with Crippen LogP contribution in [0.1, 0.15) is 0 Å². The SMILES string of the molecule is c1ccc([Si](c2ccccc2)(c2ccccc2)N(c2ncns2)[Si](c2ccccc2)(c2ccccc2)c2ccccc2)cc1. The van der Waals surface area contributed by atoms with Crippen LogP contribution in [-0.4, -0.2) is 25.8 Å². The van der Waals surface area contributed by atoms with Gasteiger partial charge in [0, 0.05) is 11.5 Å². The molecule has 0 N–H and O–H groups in total. The summed E-state index contributed by atoms with van der Waals surface area (Å²) in [5.74, 6) is 0. The zero-order chi connectivity index (χ0) is 29.7. The van der Waals surface area contributed by atoms with Crippen LogP contribution in [0, 0.1) is 0 Å². The summed E-state index contributed by atoms with van der Waals surface area (Å²) in [6.07, 6.45) is 1.72. The highest BCUT2D eigenvalue weighted by atomic mass is 32.1. The number of rotatable bonds is 9. The van der Waals surface area contributed by atoms with E-state index in [4.69, 9.17) is 4.98 Å². The minimum atomic E-state index is -3.14. The molecule has 0 saturated heterocycles. The van der Waals surface area contributed by atoms with E-state index in [9.17, 15) is 0 Å². The summed E-state index contributed by atoms with van der Waals surface area (Å²) in [7, 11) is -6.28. The molecule has 3 nitrogen and oxygen atoms in total.